The molecule has 0 bridgehead atoms. The molecule has 0 aromatic heterocycles. The largest absolute Gasteiger partial charge is 0.349 e. The Morgan fingerprint density at radius 1 is 1.11 bits per heavy atom. The van der Waals surface area contributed by atoms with E-state index in [-0.39, 0.29) is 18.0 Å². The van der Waals surface area contributed by atoms with Gasteiger partial charge < -0.3 is 16.0 Å². The lowest BCUT2D eigenvalue weighted by molar-refractivity contribution is 0.0951. The molecule has 3 N–H and O–H groups in total. The van der Waals surface area contributed by atoms with Gasteiger partial charge in [0.2, 0.25) is 0 Å². The normalized spacial score (nSPS) is 14.3. The molecule has 3 rings (SSSR count). The quantitative estimate of drug-likeness (QED) is 0.693. The standard InChI is InChI=1S/C22H27N3O2/c1-15-8-11-18(21(26)24-19-12-13-19)14-20(15)25-22(27)23-16(2)9-10-17-6-4-3-5-7-17/h3-8,11,14,16,19H,9-10,12-13H2,1-2H3,(H,24,26)(H2,23,25,27). The third kappa shape index (κ3) is 5.84. The highest BCUT2D eigenvalue weighted by Crippen LogP contribution is 2.21. The van der Waals surface area contributed by atoms with Crippen molar-refractivity contribution in [2.24, 2.45) is 0 Å². The maximum atomic E-state index is 12.3. The van der Waals surface area contributed by atoms with Crippen molar-refractivity contribution in [1.82, 2.24) is 10.6 Å². The summed E-state index contributed by atoms with van der Waals surface area (Å²) in [5.74, 6) is -0.0859. The van der Waals surface area contributed by atoms with Gasteiger partial charge in [0.15, 0.2) is 0 Å². The Hall–Kier alpha value is -2.82. The molecule has 1 atom stereocenters. The highest BCUT2D eigenvalue weighted by molar-refractivity contribution is 5.97. The molecule has 1 fully saturated rings. The van der Waals surface area contributed by atoms with E-state index in [0.29, 0.717) is 17.3 Å². The van der Waals surface area contributed by atoms with Crippen molar-refractivity contribution in [3.63, 3.8) is 0 Å². The molecule has 0 spiro atoms. The zero-order valence-corrected chi connectivity index (χ0v) is 15.9. The Balaban J connectivity index is 1.52. The average Bonchev–Trinajstić information content (AvgIpc) is 3.46. The Morgan fingerprint density at radius 2 is 1.85 bits per heavy atom. The first-order chi connectivity index (χ1) is 13.0. The molecule has 2 aromatic rings. The Labute approximate surface area is 160 Å². The second-order valence-electron chi connectivity index (χ2n) is 7.30. The monoisotopic (exact) mass is 365 g/mol. The maximum Gasteiger partial charge on any atom is 0.319 e. The van der Waals surface area contributed by atoms with E-state index in [1.54, 1.807) is 12.1 Å². The average molecular weight is 365 g/mol. The van der Waals surface area contributed by atoms with E-state index >= 15 is 0 Å². The predicted molar refractivity (Wildman–Crippen MR) is 108 cm³/mol. The van der Waals surface area contributed by atoms with Gasteiger partial charge in [-0.25, -0.2) is 4.79 Å². The number of benzene rings is 2. The minimum absolute atomic E-state index is 0.0480. The molecular weight excluding hydrogens is 338 g/mol. The van der Waals surface area contributed by atoms with Gasteiger partial charge in [-0.15, -0.1) is 0 Å². The van der Waals surface area contributed by atoms with Gasteiger partial charge in [0.05, 0.1) is 0 Å². The summed E-state index contributed by atoms with van der Waals surface area (Å²) in [5, 5.41) is 8.81. The first kappa shape index (κ1) is 19.0. The SMILES string of the molecule is Cc1ccc(C(=O)NC2CC2)cc1NC(=O)NC(C)CCc1ccccc1. The molecule has 1 aliphatic carbocycles. The summed E-state index contributed by atoms with van der Waals surface area (Å²) in [4.78, 5) is 24.5. The Morgan fingerprint density at radius 3 is 2.56 bits per heavy atom. The highest BCUT2D eigenvalue weighted by Gasteiger charge is 2.24. The van der Waals surface area contributed by atoms with Gasteiger partial charge in [-0.05, 0) is 62.8 Å². The van der Waals surface area contributed by atoms with Gasteiger partial charge in [-0.3, -0.25) is 4.79 Å². The number of nitrogens with one attached hydrogen (secondary N) is 3. The zero-order valence-electron chi connectivity index (χ0n) is 15.9. The van der Waals surface area contributed by atoms with Crippen LogP contribution >= 0.6 is 0 Å². The van der Waals surface area contributed by atoms with Crippen LogP contribution in [0, 0.1) is 6.92 Å². The van der Waals surface area contributed by atoms with Gasteiger partial charge in [0, 0.05) is 23.3 Å². The van der Waals surface area contributed by atoms with Crippen molar-refractivity contribution in [2.45, 2.75) is 51.6 Å². The maximum absolute atomic E-state index is 12.3. The number of carbonyl (C=O) groups excluding carboxylic acids is 2. The molecule has 5 nitrogen and oxygen atoms in total. The van der Waals surface area contributed by atoms with E-state index < -0.39 is 0 Å². The molecule has 1 unspecified atom stereocenters. The summed E-state index contributed by atoms with van der Waals surface area (Å²) < 4.78 is 0. The first-order valence-corrected chi connectivity index (χ1v) is 9.54. The molecule has 0 aliphatic heterocycles. The van der Waals surface area contributed by atoms with Crippen LogP contribution in [0.5, 0.6) is 0 Å². The highest BCUT2D eigenvalue weighted by atomic mass is 16.2. The molecule has 27 heavy (non-hydrogen) atoms. The lowest BCUT2D eigenvalue weighted by Gasteiger charge is -2.16. The van der Waals surface area contributed by atoms with Crippen LogP contribution in [0.3, 0.4) is 0 Å². The van der Waals surface area contributed by atoms with Crippen molar-refractivity contribution < 1.29 is 9.59 Å². The lowest BCUT2D eigenvalue weighted by Crippen LogP contribution is -2.36. The van der Waals surface area contributed by atoms with Crippen molar-refractivity contribution >= 4 is 17.6 Å². The van der Waals surface area contributed by atoms with Gasteiger partial charge in [0.1, 0.15) is 0 Å². The lowest BCUT2D eigenvalue weighted by atomic mass is 10.1. The molecule has 0 saturated heterocycles. The summed E-state index contributed by atoms with van der Waals surface area (Å²) in [6.07, 6.45) is 3.87. The second kappa shape index (κ2) is 8.71. The second-order valence-corrected chi connectivity index (χ2v) is 7.30. The van der Waals surface area contributed by atoms with Crippen LogP contribution in [0.25, 0.3) is 0 Å². The molecule has 3 amide bonds. The zero-order chi connectivity index (χ0) is 19.2. The van der Waals surface area contributed by atoms with Gasteiger partial charge in [-0.1, -0.05) is 36.4 Å². The molecule has 0 radical (unpaired) electrons. The molecule has 1 aliphatic rings. The molecular formula is C22H27N3O2. The number of carbonyl (C=O) groups is 2. The predicted octanol–water partition coefficient (Wildman–Crippen LogP) is 4.03. The summed E-state index contributed by atoms with van der Waals surface area (Å²) in [6.45, 7) is 3.91. The van der Waals surface area contributed by atoms with Crippen molar-refractivity contribution in [1.29, 1.82) is 0 Å². The van der Waals surface area contributed by atoms with E-state index in [1.807, 2.05) is 38.1 Å². The number of rotatable bonds is 7. The summed E-state index contributed by atoms with van der Waals surface area (Å²) in [7, 11) is 0. The summed E-state index contributed by atoms with van der Waals surface area (Å²) >= 11 is 0. The molecule has 1 saturated carbocycles. The number of hydrogen-bond acceptors (Lipinski definition) is 2. The summed E-state index contributed by atoms with van der Waals surface area (Å²) in [5.41, 5.74) is 3.41. The number of hydrogen-bond donors (Lipinski definition) is 3. The van der Waals surface area contributed by atoms with Crippen LogP contribution in [-0.2, 0) is 6.42 Å². The van der Waals surface area contributed by atoms with Crippen LogP contribution in [0.4, 0.5) is 10.5 Å². The summed E-state index contributed by atoms with van der Waals surface area (Å²) in [6, 6.07) is 15.7. The topological polar surface area (TPSA) is 70.2 Å². The molecule has 2 aromatic carbocycles. The molecule has 142 valence electrons. The van der Waals surface area contributed by atoms with Gasteiger partial charge >= 0.3 is 6.03 Å². The molecule has 0 heterocycles. The van der Waals surface area contributed by atoms with E-state index in [9.17, 15) is 9.59 Å². The fraction of sp³-hybridized carbons (Fsp3) is 0.364. The van der Waals surface area contributed by atoms with Crippen LogP contribution in [-0.4, -0.2) is 24.0 Å². The number of amides is 3. The van der Waals surface area contributed by atoms with E-state index in [2.05, 4.69) is 28.1 Å². The van der Waals surface area contributed by atoms with Crippen LogP contribution < -0.4 is 16.0 Å². The Kier molecular flexibility index (Phi) is 6.12. The number of aryl methyl sites for hydroxylation is 2. The molecule has 5 heteroatoms. The van der Waals surface area contributed by atoms with Crippen molar-refractivity contribution in [3.05, 3.63) is 65.2 Å². The first-order valence-electron chi connectivity index (χ1n) is 9.54. The van der Waals surface area contributed by atoms with Crippen LogP contribution in [0.2, 0.25) is 0 Å². The minimum Gasteiger partial charge on any atom is -0.349 e. The fourth-order valence-corrected chi connectivity index (χ4v) is 2.88. The third-order valence-electron chi connectivity index (χ3n) is 4.75. The van der Waals surface area contributed by atoms with Crippen molar-refractivity contribution in [2.75, 3.05) is 5.32 Å². The van der Waals surface area contributed by atoms with E-state index in [1.165, 1.54) is 5.56 Å². The smallest absolute Gasteiger partial charge is 0.319 e. The number of urea groups is 1. The van der Waals surface area contributed by atoms with Crippen molar-refractivity contribution in [3.8, 4) is 0 Å². The van der Waals surface area contributed by atoms with Gasteiger partial charge in [-0.2, -0.15) is 0 Å². The van der Waals surface area contributed by atoms with E-state index in [4.69, 9.17) is 0 Å². The minimum atomic E-state index is -0.251. The third-order valence-corrected chi connectivity index (χ3v) is 4.75. The van der Waals surface area contributed by atoms with Crippen LogP contribution in [0.15, 0.2) is 48.5 Å². The Bertz CT molecular complexity index is 800. The van der Waals surface area contributed by atoms with E-state index in [0.717, 1.165) is 31.2 Å². The van der Waals surface area contributed by atoms with Gasteiger partial charge in [0.25, 0.3) is 5.91 Å². The number of anilines is 1. The van der Waals surface area contributed by atoms with Crippen LogP contribution in [0.1, 0.15) is 47.7 Å². The fourth-order valence-electron chi connectivity index (χ4n) is 2.88.